The molecular weight excluding hydrogens is 465 g/mol. The van der Waals surface area contributed by atoms with E-state index in [4.69, 9.17) is 11.6 Å². The molecule has 2 aromatic rings. The van der Waals surface area contributed by atoms with E-state index in [-0.39, 0.29) is 24.0 Å². The van der Waals surface area contributed by atoms with Crippen LogP contribution < -0.4 is 15.5 Å². The molecule has 0 amide bonds. The van der Waals surface area contributed by atoms with Crippen molar-refractivity contribution in [3.63, 3.8) is 0 Å². The number of rotatable bonds is 5. The summed E-state index contributed by atoms with van der Waals surface area (Å²) < 4.78 is 0. The average molecular weight is 490 g/mol. The first kappa shape index (κ1) is 20.8. The average Bonchev–Trinajstić information content (AvgIpc) is 3.22. The predicted octanol–water partition coefficient (Wildman–Crippen LogP) is 2.72. The number of aliphatic imine (C=N–C) groups is 1. The Hall–Kier alpha value is -1.55. The number of aromatic nitrogens is 3. The van der Waals surface area contributed by atoms with Crippen molar-refractivity contribution in [2.45, 2.75) is 32.9 Å². The van der Waals surface area contributed by atoms with Gasteiger partial charge in [0.1, 0.15) is 5.82 Å². The van der Waals surface area contributed by atoms with E-state index in [1.165, 1.54) is 0 Å². The number of guanidine groups is 1. The minimum atomic E-state index is 0. The van der Waals surface area contributed by atoms with Crippen LogP contribution in [-0.2, 0) is 6.54 Å². The summed E-state index contributed by atoms with van der Waals surface area (Å²) in [4.78, 5) is 11.3. The molecule has 26 heavy (non-hydrogen) atoms. The van der Waals surface area contributed by atoms with E-state index in [1.807, 2.05) is 25.3 Å². The minimum Gasteiger partial charge on any atom is -0.357 e. The van der Waals surface area contributed by atoms with Crippen molar-refractivity contribution in [3.05, 3.63) is 40.8 Å². The summed E-state index contributed by atoms with van der Waals surface area (Å²) in [6.45, 7) is 7.26. The highest BCUT2D eigenvalue weighted by Crippen LogP contribution is 2.25. The molecule has 1 fully saturated rings. The maximum absolute atomic E-state index is 6.26. The molecule has 1 unspecified atom stereocenters. The van der Waals surface area contributed by atoms with E-state index < -0.39 is 0 Å². The van der Waals surface area contributed by atoms with Gasteiger partial charge in [-0.2, -0.15) is 5.10 Å². The highest BCUT2D eigenvalue weighted by Gasteiger charge is 2.25. The van der Waals surface area contributed by atoms with Crippen molar-refractivity contribution < 1.29 is 0 Å². The second-order valence-corrected chi connectivity index (χ2v) is 6.51. The minimum absolute atomic E-state index is 0. The normalized spacial score (nSPS) is 17.1. The fraction of sp³-hybridized carbons (Fsp3) is 0.471. The zero-order valence-electron chi connectivity index (χ0n) is 15.0. The molecule has 3 rings (SSSR count). The molecule has 1 aliphatic heterocycles. The number of pyridine rings is 1. The van der Waals surface area contributed by atoms with Gasteiger partial charge in [0.2, 0.25) is 0 Å². The Labute approximate surface area is 176 Å². The van der Waals surface area contributed by atoms with Crippen LogP contribution in [0, 0.1) is 6.92 Å². The summed E-state index contributed by atoms with van der Waals surface area (Å²) in [6, 6.07) is 4.04. The molecule has 1 atom stereocenters. The molecule has 0 radical (unpaired) electrons. The fourth-order valence-electron chi connectivity index (χ4n) is 2.89. The molecule has 0 aliphatic carbocycles. The van der Waals surface area contributed by atoms with Crippen molar-refractivity contribution in [1.82, 2.24) is 25.8 Å². The number of nitrogens with one attached hydrogen (secondary N) is 3. The largest absolute Gasteiger partial charge is 0.357 e. The molecule has 7 nitrogen and oxygen atoms in total. The number of hydrogen-bond acceptors (Lipinski definition) is 4. The zero-order chi connectivity index (χ0) is 17.6. The van der Waals surface area contributed by atoms with Crippen LogP contribution in [0.1, 0.15) is 24.6 Å². The van der Waals surface area contributed by atoms with E-state index in [9.17, 15) is 0 Å². The maximum Gasteiger partial charge on any atom is 0.191 e. The Kier molecular flexibility index (Phi) is 7.95. The number of hydrogen-bond donors (Lipinski definition) is 3. The number of anilines is 1. The number of aromatic amines is 1. The second kappa shape index (κ2) is 9.96. The van der Waals surface area contributed by atoms with Crippen LogP contribution >= 0.6 is 35.6 Å². The van der Waals surface area contributed by atoms with Gasteiger partial charge >= 0.3 is 0 Å². The molecule has 142 valence electrons. The predicted molar refractivity (Wildman–Crippen MR) is 117 cm³/mol. The van der Waals surface area contributed by atoms with Crippen molar-refractivity contribution >= 4 is 47.4 Å². The monoisotopic (exact) mass is 489 g/mol. The molecule has 0 saturated carbocycles. The number of halogens is 2. The molecule has 1 aliphatic rings. The van der Waals surface area contributed by atoms with Gasteiger partial charge in [0.25, 0.3) is 0 Å². The molecule has 9 heteroatoms. The first-order chi connectivity index (χ1) is 12.2. The third-order valence-corrected chi connectivity index (χ3v) is 4.55. The number of aryl methyl sites for hydroxylation is 1. The molecule has 0 bridgehead atoms. The summed E-state index contributed by atoms with van der Waals surface area (Å²) in [5, 5.41) is 14.5. The molecule has 1 saturated heterocycles. The quantitative estimate of drug-likeness (QED) is 0.342. The zero-order valence-corrected chi connectivity index (χ0v) is 18.1. The lowest BCUT2D eigenvalue weighted by Gasteiger charge is -2.20. The van der Waals surface area contributed by atoms with Crippen LogP contribution in [-0.4, -0.2) is 46.8 Å². The molecule has 0 spiro atoms. The van der Waals surface area contributed by atoms with Crippen LogP contribution in [0.15, 0.2) is 29.5 Å². The van der Waals surface area contributed by atoms with Gasteiger partial charge < -0.3 is 15.5 Å². The Bertz CT molecular complexity index is 733. The third kappa shape index (κ3) is 5.23. The SMILES string of the molecule is CCNC(=NCc1cn[nH]c1C)NC1CCN(c2ncccc2Cl)C1.I. The van der Waals surface area contributed by atoms with Gasteiger partial charge in [-0.15, -0.1) is 24.0 Å². The van der Waals surface area contributed by atoms with Crippen molar-refractivity contribution in [1.29, 1.82) is 0 Å². The second-order valence-electron chi connectivity index (χ2n) is 6.10. The van der Waals surface area contributed by atoms with E-state index in [0.29, 0.717) is 17.6 Å². The summed E-state index contributed by atoms with van der Waals surface area (Å²) in [7, 11) is 0. The number of nitrogens with zero attached hydrogens (tertiary/aromatic N) is 4. The lowest BCUT2D eigenvalue weighted by atomic mass is 10.2. The van der Waals surface area contributed by atoms with E-state index >= 15 is 0 Å². The Morgan fingerprint density at radius 1 is 1.50 bits per heavy atom. The highest BCUT2D eigenvalue weighted by molar-refractivity contribution is 14.0. The lowest BCUT2D eigenvalue weighted by molar-refractivity contribution is 0.648. The van der Waals surface area contributed by atoms with Crippen molar-refractivity contribution in [2.24, 2.45) is 4.99 Å². The standard InChI is InChI=1S/C17H24ClN7.HI/c1-3-19-17(21-9-13-10-22-24-12(13)2)23-14-6-8-25(11-14)16-15(18)5-4-7-20-16;/h4-5,7,10,14H,3,6,8-9,11H2,1-2H3,(H,22,24)(H2,19,21,23);1H. The summed E-state index contributed by atoms with van der Waals surface area (Å²) in [6.07, 6.45) is 4.62. The van der Waals surface area contributed by atoms with Crippen LogP contribution in [0.2, 0.25) is 5.02 Å². The molecule has 3 heterocycles. The fourth-order valence-corrected chi connectivity index (χ4v) is 3.13. The van der Waals surface area contributed by atoms with Gasteiger partial charge in [0.15, 0.2) is 5.96 Å². The lowest BCUT2D eigenvalue weighted by Crippen LogP contribution is -2.44. The van der Waals surface area contributed by atoms with Gasteiger partial charge in [-0.3, -0.25) is 5.10 Å². The Morgan fingerprint density at radius 3 is 3.04 bits per heavy atom. The molecule has 3 N–H and O–H groups in total. The third-order valence-electron chi connectivity index (χ3n) is 4.25. The smallest absolute Gasteiger partial charge is 0.191 e. The van der Waals surface area contributed by atoms with Crippen molar-refractivity contribution in [2.75, 3.05) is 24.5 Å². The first-order valence-electron chi connectivity index (χ1n) is 8.56. The van der Waals surface area contributed by atoms with Crippen LogP contribution in [0.3, 0.4) is 0 Å². The van der Waals surface area contributed by atoms with Gasteiger partial charge in [0.05, 0.1) is 17.8 Å². The summed E-state index contributed by atoms with van der Waals surface area (Å²) in [5.74, 6) is 1.67. The highest BCUT2D eigenvalue weighted by atomic mass is 127. The van der Waals surface area contributed by atoms with Gasteiger partial charge in [-0.25, -0.2) is 9.98 Å². The molecule has 0 aromatic carbocycles. The summed E-state index contributed by atoms with van der Waals surface area (Å²) >= 11 is 6.26. The number of H-pyrrole nitrogens is 1. The van der Waals surface area contributed by atoms with Crippen molar-refractivity contribution in [3.8, 4) is 0 Å². The van der Waals surface area contributed by atoms with Gasteiger partial charge in [0, 0.05) is 43.1 Å². The van der Waals surface area contributed by atoms with E-state index in [0.717, 1.165) is 49.1 Å². The Morgan fingerprint density at radius 2 is 2.35 bits per heavy atom. The maximum atomic E-state index is 6.26. The molecule has 2 aromatic heterocycles. The van der Waals surface area contributed by atoms with E-state index in [2.05, 4.69) is 42.6 Å². The Balaban J connectivity index is 0.00000243. The van der Waals surface area contributed by atoms with Crippen LogP contribution in [0.4, 0.5) is 5.82 Å². The van der Waals surface area contributed by atoms with E-state index in [1.54, 1.807) is 6.20 Å². The van der Waals surface area contributed by atoms with Gasteiger partial charge in [-0.05, 0) is 32.4 Å². The van der Waals surface area contributed by atoms with Crippen LogP contribution in [0.25, 0.3) is 0 Å². The van der Waals surface area contributed by atoms with Gasteiger partial charge in [-0.1, -0.05) is 11.6 Å². The molecular formula is C17H25ClIN7. The van der Waals surface area contributed by atoms with Crippen LogP contribution in [0.5, 0.6) is 0 Å². The first-order valence-corrected chi connectivity index (χ1v) is 8.94. The summed E-state index contributed by atoms with van der Waals surface area (Å²) in [5.41, 5.74) is 2.15. The topological polar surface area (TPSA) is 81.2 Å².